The molecule has 1 N–H and O–H groups in total. The zero-order valence-electron chi connectivity index (χ0n) is 11.6. The van der Waals surface area contributed by atoms with Gasteiger partial charge in [0.25, 0.3) is 0 Å². The van der Waals surface area contributed by atoms with Crippen molar-refractivity contribution in [2.24, 2.45) is 0 Å². The van der Waals surface area contributed by atoms with Crippen molar-refractivity contribution in [3.05, 3.63) is 47.3 Å². The summed E-state index contributed by atoms with van der Waals surface area (Å²) in [6.07, 6.45) is 0. The van der Waals surface area contributed by atoms with Crippen molar-refractivity contribution >= 4 is 11.8 Å². The van der Waals surface area contributed by atoms with Gasteiger partial charge in [-0.25, -0.2) is 0 Å². The van der Waals surface area contributed by atoms with Crippen molar-refractivity contribution in [1.29, 1.82) is 0 Å². The van der Waals surface area contributed by atoms with E-state index < -0.39 is 0 Å². The van der Waals surface area contributed by atoms with E-state index in [1.165, 1.54) is 10.5 Å². The zero-order chi connectivity index (χ0) is 13.7. The molecular weight excluding hydrogens is 256 g/mol. The molecule has 4 heteroatoms. The largest absolute Gasteiger partial charge is 0.360 e. The Hall–Kier alpha value is -1.26. The Kier molecular flexibility index (Phi) is 5.05. The molecule has 0 spiro atoms. The maximum atomic E-state index is 5.20. The van der Waals surface area contributed by atoms with Crippen LogP contribution in [-0.4, -0.2) is 11.7 Å². The summed E-state index contributed by atoms with van der Waals surface area (Å²) >= 11 is 1.77. The molecule has 102 valence electrons. The van der Waals surface area contributed by atoms with Crippen molar-refractivity contribution in [3.8, 4) is 0 Å². The third kappa shape index (κ3) is 4.11. The molecule has 2 aromatic rings. The van der Waals surface area contributed by atoms with Gasteiger partial charge in [0.15, 0.2) is 0 Å². The van der Waals surface area contributed by atoms with Gasteiger partial charge in [-0.1, -0.05) is 24.2 Å². The van der Waals surface area contributed by atoms with Crippen LogP contribution in [0.1, 0.15) is 36.9 Å². The van der Waals surface area contributed by atoms with Gasteiger partial charge < -0.3 is 9.84 Å². The first-order valence-electron chi connectivity index (χ1n) is 6.57. The minimum absolute atomic E-state index is 0.404. The Balaban J connectivity index is 1.91. The van der Waals surface area contributed by atoms with Crippen LogP contribution in [0.3, 0.4) is 0 Å². The second-order valence-electron chi connectivity index (χ2n) is 4.57. The molecule has 0 fully saturated rings. The molecule has 0 aliphatic heterocycles. The van der Waals surface area contributed by atoms with Gasteiger partial charge in [0.1, 0.15) is 5.76 Å². The first-order valence-corrected chi connectivity index (χ1v) is 7.56. The minimum atomic E-state index is 0.404. The van der Waals surface area contributed by atoms with E-state index in [1.807, 2.05) is 13.0 Å². The summed E-state index contributed by atoms with van der Waals surface area (Å²) in [5, 5.41) is 7.30. The number of benzene rings is 1. The van der Waals surface area contributed by atoms with Crippen molar-refractivity contribution < 1.29 is 4.52 Å². The normalized spacial score (nSPS) is 12.6. The summed E-state index contributed by atoms with van der Waals surface area (Å²) in [6.45, 7) is 7.24. The maximum Gasteiger partial charge on any atom is 0.147 e. The van der Waals surface area contributed by atoms with Gasteiger partial charge in [-0.2, -0.15) is 0 Å². The zero-order valence-corrected chi connectivity index (χ0v) is 12.5. The molecule has 0 aliphatic rings. The van der Waals surface area contributed by atoms with E-state index in [0.717, 1.165) is 23.8 Å². The van der Waals surface area contributed by atoms with Crippen LogP contribution in [0.15, 0.2) is 39.8 Å². The third-order valence-electron chi connectivity index (χ3n) is 2.95. The summed E-state index contributed by atoms with van der Waals surface area (Å²) < 4.78 is 5.20. The van der Waals surface area contributed by atoms with E-state index in [-0.39, 0.29) is 0 Å². The molecule has 1 aromatic heterocycles. The van der Waals surface area contributed by atoms with Crippen LogP contribution in [-0.2, 0) is 5.75 Å². The second-order valence-corrected chi connectivity index (χ2v) is 5.62. The molecule has 2 rings (SSSR count). The summed E-state index contributed by atoms with van der Waals surface area (Å²) in [6, 6.07) is 11.1. The lowest BCUT2D eigenvalue weighted by Crippen LogP contribution is -2.17. The highest BCUT2D eigenvalue weighted by Crippen LogP contribution is 2.24. The van der Waals surface area contributed by atoms with E-state index in [0.29, 0.717) is 6.04 Å². The van der Waals surface area contributed by atoms with Crippen LogP contribution in [0, 0.1) is 6.92 Å². The standard InChI is InChI=1S/C15H20N2OS/c1-4-16-12(3)13-5-7-15(8-6-13)19-10-14-9-11(2)17-18-14/h5-9,12,16H,4,10H2,1-3H3. The Bertz CT molecular complexity index is 507. The lowest BCUT2D eigenvalue weighted by Gasteiger charge is -2.12. The van der Waals surface area contributed by atoms with E-state index in [2.05, 4.69) is 48.6 Å². The Labute approximate surface area is 118 Å². The summed E-state index contributed by atoms with van der Waals surface area (Å²) in [7, 11) is 0. The molecule has 1 atom stereocenters. The number of hydrogen-bond acceptors (Lipinski definition) is 4. The number of nitrogens with zero attached hydrogens (tertiary/aromatic N) is 1. The van der Waals surface area contributed by atoms with Crippen LogP contribution < -0.4 is 5.32 Å². The highest BCUT2D eigenvalue weighted by Gasteiger charge is 2.05. The van der Waals surface area contributed by atoms with Gasteiger partial charge in [0.05, 0.1) is 11.4 Å². The van der Waals surface area contributed by atoms with Gasteiger partial charge in [-0.3, -0.25) is 0 Å². The SMILES string of the molecule is CCNC(C)c1ccc(SCc2cc(C)no2)cc1. The van der Waals surface area contributed by atoms with E-state index >= 15 is 0 Å². The van der Waals surface area contributed by atoms with E-state index in [4.69, 9.17) is 4.52 Å². The maximum absolute atomic E-state index is 5.20. The second kappa shape index (κ2) is 6.78. The summed E-state index contributed by atoms with van der Waals surface area (Å²) in [4.78, 5) is 1.25. The fraction of sp³-hybridized carbons (Fsp3) is 0.400. The molecule has 1 aromatic carbocycles. The van der Waals surface area contributed by atoms with Crippen LogP contribution in [0.25, 0.3) is 0 Å². The Morgan fingerprint density at radius 1 is 1.32 bits per heavy atom. The topological polar surface area (TPSA) is 38.1 Å². The van der Waals surface area contributed by atoms with Crippen molar-refractivity contribution in [2.45, 2.75) is 37.5 Å². The van der Waals surface area contributed by atoms with Gasteiger partial charge in [-0.15, -0.1) is 11.8 Å². The predicted molar refractivity (Wildman–Crippen MR) is 79.3 cm³/mol. The summed E-state index contributed by atoms with van der Waals surface area (Å²) in [5.74, 6) is 1.75. The molecule has 1 heterocycles. The van der Waals surface area contributed by atoms with Crippen LogP contribution in [0.4, 0.5) is 0 Å². The van der Waals surface area contributed by atoms with E-state index in [9.17, 15) is 0 Å². The minimum Gasteiger partial charge on any atom is -0.360 e. The molecule has 1 unspecified atom stereocenters. The Morgan fingerprint density at radius 3 is 2.63 bits per heavy atom. The van der Waals surface area contributed by atoms with Gasteiger partial charge >= 0.3 is 0 Å². The number of nitrogens with one attached hydrogen (secondary N) is 1. The van der Waals surface area contributed by atoms with Crippen LogP contribution in [0.5, 0.6) is 0 Å². The lowest BCUT2D eigenvalue weighted by atomic mass is 10.1. The van der Waals surface area contributed by atoms with Crippen molar-refractivity contribution in [3.63, 3.8) is 0 Å². The fourth-order valence-electron chi connectivity index (χ4n) is 1.92. The van der Waals surface area contributed by atoms with Gasteiger partial charge in [-0.05, 0) is 38.1 Å². The molecule has 0 saturated carbocycles. The van der Waals surface area contributed by atoms with Crippen LogP contribution in [0.2, 0.25) is 0 Å². The average Bonchev–Trinajstić information content (AvgIpc) is 2.83. The molecule has 0 aliphatic carbocycles. The van der Waals surface area contributed by atoms with E-state index in [1.54, 1.807) is 11.8 Å². The quantitative estimate of drug-likeness (QED) is 0.811. The Morgan fingerprint density at radius 2 is 2.05 bits per heavy atom. The first-order chi connectivity index (χ1) is 9.19. The number of aromatic nitrogens is 1. The molecule has 3 nitrogen and oxygen atoms in total. The summed E-state index contributed by atoms with van der Waals surface area (Å²) in [5.41, 5.74) is 2.26. The molecule has 0 amide bonds. The smallest absolute Gasteiger partial charge is 0.147 e. The fourth-order valence-corrected chi connectivity index (χ4v) is 2.69. The number of aryl methyl sites for hydroxylation is 1. The first kappa shape index (κ1) is 14.2. The molecular formula is C15H20N2OS. The molecule has 19 heavy (non-hydrogen) atoms. The van der Waals surface area contributed by atoms with Crippen molar-refractivity contribution in [2.75, 3.05) is 6.54 Å². The number of hydrogen-bond donors (Lipinski definition) is 1. The van der Waals surface area contributed by atoms with Gasteiger partial charge in [0.2, 0.25) is 0 Å². The van der Waals surface area contributed by atoms with Gasteiger partial charge in [0, 0.05) is 17.0 Å². The number of rotatable bonds is 6. The predicted octanol–water partition coefficient (Wildman–Crippen LogP) is 3.95. The average molecular weight is 276 g/mol. The molecule has 0 radical (unpaired) electrons. The van der Waals surface area contributed by atoms with Crippen LogP contribution >= 0.6 is 11.8 Å². The third-order valence-corrected chi connectivity index (χ3v) is 3.98. The highest BCUT2D eigenvalue weighted by atomic mass is 32.2. The monoisotopic (exact) mass is 276 g/mol. The molecule has 0 saturated heterocycles. The highest BCUT2D eigenvalue weighted by molar-refractivity contribution is 7.98. The number of thioether (sulfide) groups is 1. The lowest BCUT2D eigenvalue weighted by molar-refractivity contribution is 0.391. The van der Waals surface area contributed by atoms with Crippen molar-refractivity contribution in [1.82, 2.24) is 10.5 Å². The molecule has 0 bridgehead atoms.